The fourth-order valence-corrected chi connectivity index (χ4v) is 6.57. The number of hydrogen-bond acceptors (Lipinski definition) is 2. The van der Waals surface area contributed by atoms with Crippen molar-refractivity contribution in [3.8, 4) is 22.6 Å². The molecule has 0 aromatic heterocycles. The largest absolute Gasteiger partial charge is 0.432 e. The highest BCUT2D eigenvalue weighted by Gasteiger charge is 2.42. The third-order valence-electron chi connectivity index (χ3n) is 9.33. The van der Waals surface area contributed by atoms with Gasteiger partial charge in [-0.1, -0.05) is 56.9 Å². The molecule has 1 aliphatic carbocycles. The summed E-state index contributed by atoms with van der Waals surface area (Å²) in [4.78, 5) is 0. The maximum Gasteiger partial charge on any atom is 0.432 e. The summed E-state index contributed by atoms with van der Waals surface area (Å²) in [5.41, 5.74) is -0.946. The standard InChI is InChI=1S/C39H35F11O2/c1-2-3-4-5-22-6-8-24(9-7-22)25-10-12-26(13-11-25)27-18-33(44)37(34(45)19-27)52-38(47,48)15-14-23-16-29(40)35(30(41)17-23)39(49,50)51-28-20-31(42)36(46)32(43)21-28/h10-13,16-22,24H,2-9,14-15H2,1H3. The normalized spacial score (nSPS) is 16.6. The lowest BCUT2D eigenvalue weighted by atomic mass is 9.77. The van der Waals surface area contributed by atoms with Crippen molar-refractivity contribution >= 4 is 0 Å². The van der Waals surface area contributed by atoms with Gasteiger partial charge in [-0.15, -0.1) is 0 Å². The number of alkyl halides is 4. The number of unbranched alkanes of at least 4 members (excludes halogenated alkanes) is 2. The maximum absolute atomic E-state index is 14.9. The van der Waals surface area contributed by atoms with Crippen LogP contribution < -0.4 is 9.47 Å². The third-order valence-corrected chi connectivity index (χ3v) is 9.33. The molecule has 52 heavy (non-hydrogen) atoms. The van der Waals surface area contributed by atoms with Crippen LogP contribution in [0.1, 0.15) is 87.3 Å². The molecule has 0 heterocycles. The molecular weight excluding hydrogens is 709 g/mol. The molecule has 1 aliphatic rings. The molecule has 0 unspecified atom stereocenters. The molecule has 4 aromatic rings. The highest BCUT2D eigenvalue weighted by molar-refractivity contribution is 5.65. The van der Waals surface area contributed by atoms with E-state index in [9.17, 15) is 48.3 Å². The van der Waals surface area contributed by atoms with Crippen molar-refractivity contribution in [1.82, 2.24) is 0 Å². The second-order valence-electron chi connectivity index (χ2n) is 13.1. The van der Waals surface area contributed by atoms with E-state index in [0.29, 0.717) is 11.5 Å². The van der Waals surface area contributed by atoms with Gasteiger partial charge in [-0.05, 0) is 90.5 Å². The molecule has 0 radical (unpaired) electrons. The third kappa shape index (κ3) is 9.38. The molecule has 0 aliphatic heterocycles. The lowest BCUT2D eigenvalue weighted by Crippen LogP contribution is -2.27. The predicted molar refractivity (Wildman–Crippen MR) is 172 cm³/mol. The number of hydrogen-bond donors (Lipinski definition) is 0. The van der Waals surface area contributed by atoms with Gasteiger partial charge in [-0.3, -0.25) is 0 Å². The Morgan fingerprint density at radius 3 is 1.77 bits per heavy atom. The van der Waals surface area contributed by atoms with E-state index in [2.05, 4.69) is 16.4 Å². The highest BCUT2D eigenvalue weighted by Crippen LogP contribution is 2.40. The Labute approximate surface area is 293 Å². The average Bonchev–Trinajstić information content (AvgIpc) is 3.08. The summed E-state index contributed by atoms with van der Waals surface area (Å²) in [5, 5.41) is 0. The van der Waals surface area contributed by atoms with Crippen molar-refractivity contribution in [1.29, 1.82) is 0 Å². The van der Waals surface area contributed by atoms with Gasteiger partial charge in [-0.25, -0.2) is 30.7 Å². The molecule has 0 spiro atoms. The van der Waals surface area contributed by atoms with Crippen LogP contribution >= 0.6 is 0 Å². The summed E-state index contributed by atoms with van der Waals surface area (Å²) in [6.45, 7) is 2.18. The molecule has 2 nitrogen and oxygen atoms in total. The Hall–Kier alpha value is -4.29. The Kier molecular flexibility index (Phi) is 12.1. The number of ether oxygens (including phenoxy) is 2. The molecule has 0 saturated heterocycles. The van der Waals surface area contributed by atoms with Crippen LogP contribution in [0.25, 0.3) is 11.1 Å². The van der Waals surface area contributed by atoms with Crippen LogP contribution in [0.15, 0.2) is 60.7 Å². The van der Waals surface area contributed by atoms with Crippen molar-refractivity contribution in [2.75, 3.05) is 0 Å². The summed E-state index contributed by atoms with van der Waals surface area (Å²) in [5.74, 6) is -14.2. The number of benzene rings is 4. The van der Waals surface area contributed by atoms with Gasteiger partial charge >= 0.3 is 12.2 Å². The van der Waals surface area contributed by atoms with Crippen molar-refractivity contribution < 1.29 is 57.8 Å². The molecule has 0 atom stereocenters. The van der Waals surface area contributed by atoms with Gasteiger partial charge in [0.2, 0.25) is 0 Å². The molecule has 5 rings (SSSR count). The van der Waals surface area contributed by atoms with Gasteiger partial charge in [0.05, 0.1) is 6.42 Å². The van der Waals surface area contributed by atoms with Crippen LogP contribution in [0.5, 0.6) is 11.5 Å². The molecule has 0 amide bonds. The van der Waals surface area contributed by atoms with Crippen LogP contribution in [0, 0.1) is 46.6 Å². The lowest BCUT2D eigenvalue weighted by molar-refractivity contribution is -0.190. The maximum atomic E-state index is 14.9. The first-order valence-electron chi connectivity index (χ1n) is 16.9. The van der Waals surface area contributed by atoms with Gasteiger partial charge in [0.15, 0.2) is 34.8 Å². The Bertz CT molecular complexity index is 1780. The van der Waals surface area contributed by atoms with Gasteiger partial charge in [0, 0.05) is 12.1 Å². The smallest absolute Gasteiger partial charge is 0.429 e. The summed E-state index contributed by atoms with van der Waals surface area (Å²) < 4.78 is 166. The zero-order valence-electron chi connectivity index (χ0n) is 28.0. The monoisotopic (exact) mass is 744 g/mol. The van der Waals surface area contributed by atoms with Crippen LogP contribution in [-0.2, 0) is 12.5 Å². The number of rotatable bonds is 14. The van der Waals surface area contributed by atoms with E-state index in [1.165, 1.54) is 25.7 Å². The fourth-order valence-electron chi connectivity index (χ4n) is 6.57. The molecule has 13 heteroatoms. The molecule has 1 saturated carbocycles. The first-order chi connectivity index (χ1) is 24.6. The van der Waals surface area contributed by atoms with E-state index in [-0.39, 0.29) is 29.8 Å². The van der Waals surface area contributed by atoms with E-state index in [4.69, 9.17) is 0 Å². The summed E-state index contributed by atoms with van der Waals surface area (Å²) >= 11 is 0. The lowest BCUT2D eigenvalue weighted by Gasteiger charge is -2.29. The van der Waals surface area contributed by atoms with E-state index in [1.54, 1.807) is 12.1 Å². The SMILES string of the molecule is CCCCCC1CCC(c2ccc(-c3cc(F)c(OC(F)(F)CCc4cc(F)c(C(F)(F)Oc5cc(F)c(F)c(F)c5)c(F)c4)c(F)c3)cc2)CC1. The van der Waals surface area contributed by atoms with E-state index >= 15 is 0 Å². The predicted octanol–water partition coefficient (Wildman–Crippen LogP) is 12.9. The van der Waals surface area contributed by atoms with Gasteiger partial charge < -0.3 is 9.47 Å². The van der Waals surface area contributed by atoms with Crippen molar-refractivity contribution in [2.45, 2.75) is 89.3 Å². The zero-order valence-corrected chi connectivity index (χ0v) is 28.0. The Balaban J connectivity index is 1.20. The quantitative estimate of drug-likeness (QED) is 0.0727. The molecule has 1 fully saturated rings. The van der Waals surface area contributed by atoms with Gasteiger partial charge in [0.1, 0.15) is 22.9 Å². The van der Waals surface area contributed by atoms with Crippen LogP contribution in [-0.4, -0.2) is 6.11 Å². The first-order valence-corrected chi connectivity index (χ1v) is 16.9. The fraction of sp³-hybridized carbons (Fsp3) is 0.385. The molecule has 4 aromatic carbocycles. The molecule has 280 valence electrons. The van der Waals surface area contributed by atoms with Crippen molar-refractivity contribution in [3.63, 3.8) is 0 Å². The second kappa shape index (κ2) is 16.2. The van der Waals surface area contributed by atoms with Crippen molar-refractivity contribution in [2.24, 2.45) is 5.92 Å². The first kappa shape index (κ1) is 38.9. The van der Waals surface area contributed by atoms with Crippen LogP contribution in [0.3, 0.4) is 0 Å². The number of aryl methyl sites for hydroxylation is 1. The van der Waals surface area contributed by atoms with Crippen molar-refractivity contribution in [3.05, 3.63) is 118 Å². The van der Waals surface area contributed by atoms with Crippen LogP contribution in [0.2, 0.25) is 0 Å². The van der Waals surface area contributed by atoms with E-state index < -0.39 is 88.4 Å². The summed E-state index contributed by atoms with van der Waals surface area (Å²) in [6.07, 6.45) is -2.10. The van der Waals surface area contributed by atoms with Gasteiger partial charge in [-0.2, -0.15) is 17.6 Å². The van der Waals surface area contributed by atoms with E-state index in [1.807, 2.05) is 12.1 Å². The minimum atomic E-state index is -4.88. The average molecular weight is 745 g/mol. The summed E-state index contributed by atoms with van der Waals surface area (Å²) in [7, 11) is 0. The van der Waals surface area contributed by atoms with E-state index in [0.717, 1.165) is 49.3 Å². The minimum absolute atomic E-state index is 0.0237. The topological polar surface area (TPSA) is 18.5 Å². The minimum Gasteiger partial charge on any atom is -0.429 e. The zero-order chi connectivity index (χ0) is 37.8. The highest BCUT2D eigenvalue weighted by atomic mass is 19.3. The molecule has 0 N–H and O–H groups in total. The summed E-state index contributed by atoms with van der Waals surface area (Å²) in [6, 6.07) is 9.48. The van der Waals surface area contributed by atoms with Gasteiger partial charge in [0.25, 0.3) is 0 Å². The molecular formula is C39H35F11O2. The molecule has 0 bridgehead atoms. The Morgan fingerprint density at radius 2 is 1.21 bits per heavy atom. The second-order valence-corrected chi connectivity index (χ2v) is 13.1. The Morgan fingerprint density at radius 1 is 0.635 bits per heavy atom. The van der Waals surface area contributed by atoms with Crippen LogP contribution in [0.4, 0.5) is 48.3 Å². The number of halogens is 11.